The van der Waals surface area contributed by atoms with Crippen molar-refractivity contribution in [2.75, 3.05) is 0 Å². The third-order valence-corrected chi connectivity index (χ3v) is 4.90. The summed E-state index contributed by atoms with van der Waals surface area (Å²) in [6, 6.07) is 13.3. The summed E-state index contributed by atoms with van der Waals surface area (Å²) < 4.78 is 19.3. The minimum Gasteiger partial charge on any atom is -0.487 e. The van der Waals surface area contributed by atoms with Crippen molar-refractivity contribution in [3.63, 3.8) is 0 Å². The van der Waals surface area contributed by atoms with Crippen molar-refractivity contribution in [2.45, 2.75) is 44.8 Å². The van der Waals surface area contributed by atoms with Gasteiger partial charge in [-0.15, -0.1) is 0 Å². The van der Waals surface area contributed by atoms with Gasteiger partial charge >= 0.3 is 0 Å². The van der Waals surface area contributed by atoms with Crippen molar-refractivity contribution < 1.29 is 13.9 Å². The lowest BCUT2D eigenvalue weighted by atomic mass is 9.83. The molecule has 126 valence electrons. The lowest BCUT2D eigenvalue weighted by Gasteiger charge is -2.41. The van der Waals surface area contributed by atoms with Crippen LogP contribution in [-0.2, 0) is 0 Å². The normalized spacial score (nSPS) is 18.4. The number of ether oxygens (including phenoxy) is 1. The first kappa shape index (κ1) is 16.5. The molecular weight excluding hydrogens is 305 g/mol. The largest absolute Gasteiger partial charge is 0.487 e. The molecule has 0 fully saturated rings. The Bertz CT molecular complexity index is 723. The number of halogens is 1. The highest BCUT2D eigenvalue weighted by molar-refractivity contribution is 5.94. The fourth-order valence-corrected chi connectivity index (χ4v) is 3.27. The molecule has 0 radical (unpaired) electrons. The number of carbonyl (C=O) groups is 1. The second kappa shape index (κ2) is 6.63. The molecule has 1 aliphatic heterocycles. The van der Waals surface area contributed by atoms with E-state index in [-0.39, 0.29) is 23.4 Å². The molecule has 1 N–H and O–H groups in total. The van der Waals surface area contributed by atoms with Crippen LogP contribution in [0.5, 0.6) is 5.75 Å². The quantitative estimate of drug-likeness (QED) is 0.888. The first-order valence-electron chi connectivity index (χ1n) is 8.41. The number of rotatable bonds is 4. The van der Waals surface area contributed by atoms with E-state index in [4.69, 9.17) is 4.74 Å². The molecule has 0 spiro atoms. The van der Waals surface area contributed by atoms with Crippen molar-refractivity contribution in [2.24, 2.45) is 0 Å². The van der Waals surface area contributed by atoms with Gasteiger partial charge in [-0.05, 0) is 43.2 Å². The average Bonchev–Trinajstić information content (AvgIpc) is 2.62. The molecule has 1 aliphatic rings. The number of carbonyl (C=O) groups excluding carboxylic acids is 1. The smallest absolute Gasteiger partial charge is 0.251 e. The average molecular weight is 327 g/mol. The van der Waals surface area contributed by atoms with Gasteiger partial charge in [0.25, 0.3) is 5.91 Å². The molecule has 1 heterocycles. The Morgan fingerprint density at radius 1 is 1.17 bits per heavy atom. The summed E-state index contributed by atoms with van der Waals surface area (Å²) in [5.41, 5.74) is 1.18. The number of hydrogen-bond donors (Lipinski definition) is 1. The monoisotopic (exact) mass is 327 g/mol. The lowest BCUT2D eigenvalue weighted by molar-refractivity contribution is 0.0227. The number of amides is 1. The molecule has 0 aromatic heterocycles. The third kappa shape index (κ3) is 3.14. The SMILES string of the molecule is CCC1(CC)CC(NC(=O)c2ccc(F)cc2)c2ccccc2O1. The van der Waals surface area contributed by atoms with Crippen LogP contribution in [-0.4, -0.2) is 11.5 Å². The Morgan fingerprint density at radius 2 is 1.83 bits per heavy atom. The zero-order valence-electron chi connectivity index (χ0n) is 14.0. The van der Waals surface area contributed by atoms with Crippen molar-refractivity contribution >= 4 is 5.91 Å². The van der Waals surface area contributed by atoms with Crippen LogP contribution < -0.4 is 10.1 Å². The summed E-state index contributed by atoms with van der Waals surface area (Å²) in [7, 11) is 0. The molecule has 3 nitrogen and oxygen atoms in total. The summed E-state index contributed by atoms with van der Waals surface area (Å²) in [5.74, 6) is 0.286. The molecule has 0 saturated carbocycles. The molecule has 0 saturated heterocycles. The number of fused-ring (bicyclic) bond motifs is 1. The van der Waals surface area contributed by atoms with Crippen LogP contribution >= 0.6 is 0 Å². The van der Waals surface area contributed by atoms with Crippen LogP contribution in [0, 0.1) is 5.82 Å². The Labute approximate surface area is 141 Å². The van der Waals surface area contributed by atoms with Gasteiger partial charge < -0.3 is 10.1 Å². The van der Waals surface area contributed by atoms with Gasteiger partial charge in [-0.25, -0.2) is 4.39 Å². The Kier molecular flexibility index (Phi) is 4.56. The van der Waals surface area contributed by atoms with E-state index in [0.717, 1.165) is 30.6 Å². The highest BCUT2D eigenvalue weighted by atomic mass is 19.1. The van der Waals surface area contributed by atoms with Crippen LogP contribution in [0.1, 0.15) is 55.1 Å². The maximum absolute atomic E-state index is 13.1. The molecule has 1 unspecified atom stereocenters. The van der Waals surface area contributed by atoms with Crippen molar-refractivity contribution in [3.8, 4) is 5.75 Å². The fraction of sp³-hybridized carbons (Fsp3) is 0.350. The van der Waals surface area contributed by atoms with Crippen LogP contribution in [0.15, 0.2) is 48.5 Å². The summed E-state index contributed by atoms with van der Waals surface area (Å²) in [6.07, 6.45) is 2.48. The van der Waals surface area contributed by atoms with Gasteiger partial charge in [-0.2, -0.15) is 0 Å². The minimum absolute atomic E-state index is 0.118. The van der Waals surface area contributed by atoms with Crippen molar-refractivity contribution in [1.82, 2.24) is 5.32 Å². The van der Waals surface area contributed by atoms with E-state index < -0.39 is 0 Å². The van der Waals surface area contributed by atoms with Gasteiger partial charge in [0.15, 0.2) is 0 Å². The number of nitrogens with one attached hydrogen (secondary N) is 1. The highest BCUT2D eigenvalue weighted by Crippen LogP contribution is 2.42. The van der Waals surface area contributed by atoms with Crippen LogP contribution in [0.4, 0.5) is 4.39 Å². The third-order valence-electron chi connectivity index (χ3n) is 4.90. The van der Waals surface area contributed by atoms with Crippen molar-refractivity contribution in [1.29, 1.82) is 0 Å². The molecule has 4 heteroatoms. The van der Waals surface area contributed by atoms with Crippen molar-refractivity contribution in [3.05, 3.63) is 65.5 Å². The number of hydrogen-bond acceptors (Lipinski definition) is 2. The molecule has 2 aromatic carbocycles. The summed E-state index contributed by atoms with van der Waals surface area (Å²) >= 11 is 0. The first-order valence-corrected chi connectivity index (χ1v) is 8.41. The van der Waals surface area contributed by atoms with Gasteiger partial charge in [-0.1, -0.05) is 32.0 Å². The molecule has 1 amide bonds. The first-order chi connectivity index (χ1) is 11.6. The molecule has 1 atom stereocenters. The van der Waals surface area contributed by atoms with E-state index in [1.807, 2.05) is 24.3 Å². The second-order valence-corrected chi connectivity index (χ2v) is 6.27. The van der Waals surface area contributed by atoms with E-state index in [2.05, 4.69) is 19.2 Å². The van der Waals surface area contributed by atoms with Gasteiger partial charge in [0.05, 0.1) is 6.04 Å². The van der Waals surface area contributed by atoms with E-state index in [1.54, 1.807) is 0 Å². The number of benzene rings is 2. The maximum Gasteiger partial charge on any atom is 0.251 e. The van der Waals surface area contributed by atoms with E-state index in [1.165, 1.54) is 24.3 Å². The topological polar surface area (TPSA) is 38.3 Å². The summed E-state index contributed by atoms with van der Waals surface area (Å²) in [5, 5.41) is 3.09. The molecule has 3 rings (SSSR count). The van der Waals surface area contributed by atoms with Crippen LogP contribution in [0.3, 0.4) is 0 Å². The molecule has 0 bridgehead atoms. The van der Waals surface area contributed by atoms with E-state index in [0.29, 0.717) is 5.56 Å². The molecule has 24 heavy (non-hydrogen) atoms. The van der Waals surface area contributed by atoms with Gasteiger partial charge in [-0.3, -0.25) is 4.79 Å². The van der Waals surface area contributed by atoms with E-state index >= 15 is 0 Å². The van der Waals surface area contributed by atoms with E-state index in [9.17, 15) is 9.18 Å². The highest BCUT2D eigenvalue weighted by Gasteiger charge is 2.38. The standard InChI is InChI=1S/C20H22FNO2/c1-3-20(4-2)13-17(16-7-5-6-8-18(16)24-20)22-19(23)14-9-11-15(21)12-10-14/h5-12,17H,3-4,13H2,1-2H3,(H,22,23). The second-order valence-electron chi connectivity index (χ2n) is 6.27. The van der Waals surface area contributed by atoms with Gasteiger partial charge in [0, 0.05) is 17.5 Å². The Morgan fingerprint density at radius 3 is 2.50 bits per heavy atom. The Hall–Kier alpha value is -2.36. The number of para-hydroxylation sites is 1. The Balaban J connectivity index is 1.88. The zero-order chi connectivity index (χ0) is 17.2. The van der Waals surface area contributed by atoms with Crippen LogP contribution in [0.25, 0.3) is 0 Å². The minimum atomic E-state index is -0.348. The zero-order valence-corrected chi connectivity index (χ0v) is 14.0. The molecular formula is C20H22FNO2. The van der Waals surface area contributed by atoms with Gasteiger partial charge in [0.1, 0.15) is 17.2 Å². The lowest BCUT2D eigenvalue weighted by Crippen LogP contribution is -2.44. The molecule has 2 aromatic rings. The molecule has 0 aliphatic carbocycles. The van der Waals surface area contributed by atoms with Gasteiger partial charge in [0.2, 0.25) is 0 Å². The predicted molar refractivity (Wildman–Crippen MR) is 91.6 cm³/mol. The predicted octanol–water partition coefficient (Wildman–Crippen LogP) is 4.64. The maximum atomic E-state index is 13.1. The summed E-state index contributed by atoms with van der Waals surface area (Å²) in [4.78, 5) is 12.5. The van der Waals surface area contributed by atoms with Crippen LogP contribution in [0.2, 0.25) is 0 Å². The summed E-state index contributed by atoms with van der Waals surface area (Å²) in [6.45, 7) is 4.21. The fourth-order valence-electron chi connectivity index (χ4n) is 3.27.